The zero-order chi connectivity index (χ0) is 11.7. The van der Waals surface area contributed by atoms with Gasteiger partial charge in [-0.15, -0.1) is 0 Å². The van der Waals surface area contributed by atoms with Crippen LogP contribution in [0.15, 0.2) is 0 Å². The number of halogens is 1. The molecule has 0 aliphatic carbocycles. The van der Waals surface area contributed by atoms with Crippen LogP contribution in [-0.4, -0.2) is 34.3 Å². The average Bonchev–Trinajstić information content (AvgIpc) is 2.23. The number of rotatable bonds is 1. The monoisotopic (exact) mass is 242 g/mol. The van der Waals surface area contributed by atoms with Gasteiger partial charge in [-0.2, -0.15) is 4.98 Å². The second kappa shape index (κ2) is 4.43. The predicted octanol–water partition coefficient (Wildman–Crippen LogP) is 0.982. The first-order chi connectivity index (χ1) is 7.58. The fourth-order valence-electron chi connectivity index (χ4n) is 1.92. The number of aliphatic hydroxyl groups excluding tert-OH is 1. The Morgan fingerprint density at radius 1 is 1.50 bits per heavy atom. The summed E-state index contributed by atoms with van der Waals surface area (Å²) >= 11 is 5.81. The lowest BCUT2D eigenvalue weighted by Gasteiger charge is -2.31. The van der Waals surface area contributed by atoms with E-state index in [4.69, 9.17) is 17.3 Å². The highest BCUT2D eigenvalue weighted by Crippen LogP contribution is 2.27. The van der Waals surface area contributed by atoms with Gasteiger partial charge < -0.3 is 15.7 Å². The topological polar surface area (TPSA) is 75.3 Å². The largest absolute Gasteiger partial charge is 0.394 e. The predicted molar refractivity (Wildman–Crippen MR) is 63.6 cm³/mol. The molecular weight excluding hydrogens is 228 g/mol. The van der Waals surface area contributed by atoms with Gasteiger partial charge in [0.05, 0.1) is 17.5 Å². The number of aryl methyl sites for hydroxylation is 1. The fraction of sp³-hybridized carbons (Fsp3) is 0.600. The molecule has 1 saturated heterocycles. The fourth-order valence-corrected chi connectivity index (χ4v) is 2.13. The Morgan fingerprint density at radius 2 is 2.25 bits per heavy atom. The number of nitrogens with two attached hydrogens (primary N) is 1. The Morgan fingerprint density at radius 3 is 2.94 bits per heavy atom. The van der Waals surface area contributed by atoms with Gasteiger partial charge in [0.2, 0.25) is 5.28 Å². The summed E-state index contributed by atoms with van der Waals surface area (Å²) in [6, 6.07) is 0. The summed E-state index contributed by atoms with van der Waals surface area (Å²) in [5, 5.41) is 9.81. The first kappa shape index (κ1) is 11.4. The minimum Gasteiger partial charge on any atom is -0.394 e. The summed E-state index contributed by atoms with van der Waals surface area (Å²) in [4.78, 5) is 10.1. The molecule has 88 valence electrons. The molecule has 1 aliphatic rings. The number of aliphatic hydroxyl groups is 1. The molecule has 1 unspecified atom stereocenters. The Labute approximate surface area is 99.3 Å². The van der Waals surface area contributed by atoms with Crippen molar-refractivity contribution >= 4 is 23.1 Å². The lowest BCUT2D eigenvalue weighted by Crippen LogP contribution is -2.39. The maximum atomic E-state index is 9.61. The van der Waals surface area contributed by atoms with Crippen LogP contribution in [0.25, 0.3) is 0 Å². The van der Waals surface area contributed by atoms with E-state index in [1.54, 1.807) is 6.92 Å². The lowest BCUT2D eigenvalue weighted by molar-refractivity contribution is 0.154. The van der Waals surface area contributed by atoms with Gasteiger partial charge in [-0.25, -0.2) is 4.98 Å². The molecule has 1 aromatic rings. The Kier molecular flexibility index (Phi) is 3.16. The smallest absolute Gasteiger partial charge is 0.224 e. The molecule has 0 spiro atoms. The molecule has 5 nitrogen and oxygen atoms in total. The number of hydrogen-bond donors (Lipinski definition) is 2. The molecule has 0 amide bonds. The van der Waals surface area contributed by atoms with E-state index in [0.717, 1.165) is 19.4 Å². The number of nitrogen functional groups attached to an aromatic ring is 1. The van der Waals surface area contributed by atoms with Crippen LogP contribution in [0.5, 0.6) is 0 Å². The number of β-amino-alcohol motifs (C(OH)–C–C–N with tert-alkyl or cyclic N) is 1. The van der Waals surface area contributed by atoms with Crippen molar-refractivity contribution in [2.24, 2.45) is 0 Å². The van der Waals surface area contributed by atoms with Gasteiger partial charge in [0.15, 0.2) is 5.82 Å². The zero-order valence-electron chi connectivity index (χ0n) is 9.15. The molecule has 1 aromatic heterocycles. The molecule has 0 aromatic carbocycles. The van der Waals surface area contributed by atoms with E-state index in [1.807, 2.05) is 4.90 Å². The second-order valence-corrected chi connectivity index (χ2v) is 4.40. The highest BCUT2D eigenvalue weighted by Gasteiger charge is 2.22. The standard InChI is InChI=1S/C10H15ClN4O/c1-6-8(12)9(14-10(11)13-6)15-4-2-3-7(16)5-15/h7,16H,2-5,12H2,1H3. The average molecular weight is 243 g/mol. The molecule has 0 saturated carbocycles. The van der Waals surface area contributed by atoms with Crippen molar-refractivity contribution in [1.82, 2.24) is 9.97 Å². The zero-order valence-corrected chi connectivity index (χ0v) is 9.91. The summed E-state index contributed by atoms with van der Waals surface area (Å²) < 4.78 is 0. The summed E-state index contributed by atoms with van der Waals surface area (Å²) in [7, 11) is 0. The van der Waals surface area contributed by atoms with E-state index in [2.05, 4.69) is 9.97 Å². The van der Waals surface area contributed by atoms with E-state index in [-0.39, 0.29) is 11.4 Å². The van der Waals surface area contributed by atoms with Crippen LogP contribution >= 0.6 is 11.6 Å². The molecule has 2 rings (SSSR count). The Bertz CT molecular complexity index is 399. The summed E-state index contributed by atoms with van der Waals surface area (Å²) in [6.45, 7) is 3.19. The first-order valence-electron chi connectivity index (χ1n) is 5.30. The van der Waals surface area contributed by atoms with Gasteiger partial charge >= 0.3 is 0 Å². The third-order valence-corrected chi connectivity index (χ3v) is 2.95. The van der Waals surface area contributed by atoms with E-state index < -0.39 is 0 Å². The minimum absolute atomic E-state index is 0.196. The summed E-state index contributed by atoms with van der Waals surface area (Å²) in [5.41, 5.74) is 7.14. The summed E-state index contributed by atoms with van der Waals surface area (Å²) in [5.74, 6) is 0.635. The van der Waals surface area contributed by atoms with Crippen LogP contribution in [0.3, 0.4) is 0 Å². The van der Waals surface area contributed by atoms with Gasteiger partial charge in [0, 0.05) is 13.1 Å². The van der Waals surface area contributed by atoms with Gasteiger partial charge in [-0.1, -0.05) is 0 Å². The first-order valence-corrected chi connectivity index (χ1v) is 5.68. The third kappa shape index (κ3) is 2.20. The Balaban J connectivity index is 2.32. The van der Waals surface area contributed by atoms with Crippen molar-refractivity contribution in [3.8, 4) is 0 Å². The minimum atomic E-state index is -0.317. The molecule has 16 heavy (non-hydrogen) atoms. The Hall–Kier alpha value is -1.07. The van der Waals surface area contributed by atoms with Crippen molar-refractivity contribution in [2.75, 3.05) is 23.7 Å². The van der Waals surface area contributed by atoms with Gasteiger partial charge in [0.25, 0.3) is 0 Å². The van der Waals surface area contributed by atoms with Crippen LogP contribution in [0.2, 0.25) is 5.28 Å². The molecular formula is C10H15ClN4O. The van der Waals surface area contributed by atoms with Crippen molar-refractivity contribution in [2.45, 2.75) is 25.9 Å². The van der Waals surface area contributed by atoms with Gasteiger partial charge in [-0.05, 0) is 31.4 Å². The normalized spacial score (nSPS) is 21.2. The van der Waals surface area contributed by atoms with Crippen LogP contribution in [0.4, 0.5) is 11.5 Å². The van der Waals surface area contributed by atoms with Crippen molar-refractivity contribution < 1.29 is 5.11 Å². The number of aromatic nitrogens is 2. The summed E-state index contributed by atoms with van der Waals surface area (Å²) in [6.07, 6.45) is 1.44. The number of hydrogen-bond acceptors (Lipinski definition) is 5. The molecule has 0 radical (unpaired) electrons. The lowest BCUT2D eigenvalue weighted by atomic mass is 10.1. The molecule has 3 N–H and O–H groups in total. The van der Waals surface area contributed by atoms with Crippen LogP contribution < -0.4 is 10.6 Å². The van der Waals surface area contributed by atoms with Gasteiger partial charge in [0.1, 0.15) is 0 Å². The van der Waals surface area contributed by atoms with Crippen molar-refractivity contribution in [1.29, 1.82) is 0 Å². The van der Waals surface area contributed by atoms with Crippen molar-refractivity contribution in [3.63, 3.8) is 0 Å². The third-order valence-electron chi connectivity index (χ3n) is 2.78. The molecule has 1 aliphatic heterocycles. The number of nitrogens with zero attached hydrogens (tertiary/aromatic N) is 3. The van der Waals surface area contributed by atoms with Crippen LogP contribution in [0.1, 0.15) is 18.5 Å². The van der Waals surface area contributed by atoms with Crippen molar-refractivity contribution in [3.05, 3.63) is 11.0 Å². The van der Waals surface area contributed by atoms with E-state index in [1.165, 1.54) is 0 Å². The molecule has 1 fully saturated rings. The SMILES string of the molecule is Cc1nc(Cl)nc(N2CCCC(O)C2)c1N. The molecule has 1 atom stereocenters. The highest BCUT2D eigenvalue weighted by molar-refractivity contribution is 6.28. The van der Waals surface area contributed by atoms with E-state index in [0.29, 0.717) is 23.7 Å². The highest BCUT2D eigenvalue weighted by atomic mass is 35.5. The molecule has 6 heteroatoms. The van der Waals surface area contributed by atoms with Crippen LogP contribution in [0, 0.1) is 6.92 Å². The second-order valence-electron chi connectivity index (χ2n) is 4.06. The van der Waals surface area contributed by atoms with Crippen LogP contribution in [-0.2, 0) is 0 Å². The maximum Gasteiger partial charge on any atom is 0.224 e. The molecule has 0 bridgehead atoms. The number of piperidine rings is 1. The molecule has 2 heterocycles. The van der Waals surface area contributed by atoms with E-state index in [9.17, 15) is 5.11 Å². The number of anilines is 2. The maximum absolute atomic E-state index is 9.61. The van der Waals surface area contributed by atoms with Gasteiger partial charge in [-0.3, -0.25) is 0 Å². The quantitative estimate of drug-likeness (QED) is 0.718. The van der Waals surface area contributed by atoms with E-state index >= 15 is 0 Å².